The second-order valence-corrected chi connectivity index (χ2v) is 7.29. The number of fused-ring (bicyclic) bond motifs is 1. The minimum Gasteiger partial charge on any atom is -0.271 e. The minimum atomic E-state index is -0.832. The number of nitro groups is 1. The molecule has 1 fully saturated rings. The Morgan fingerprint density at radius 3 is 2.76 bits per heavy atom. The van der Waals surface area contributed by atoms with Crippen LogP contribution in [-0.2, 0) is 16.1 Å². The molecule has 0 radical (unpaired) electrons. The number of rotatable bonds is 5. The molecule has 3 aromatic rings. The molecule has 1 saturated heterocycles. The summed E-state index contributed by atoms with van der Waals surface area (Å²) in [5, 5.41) is 16.3. The molecule has 1 N–H and O–H groups in total. The van der Waals surface area contributed by atoms with Crippen LogP contribution in [0.2, 0.25) is 5.02 Å². The molecule has 1 aliphatic rings. The van der Waals surface area contributed by atoms with Crippen LogP contribution < -0.4 is 5.43 Å². The van der Waals surface area contributed by atoms with Gasteiger partial charge in [-0.3, -0.25) is 29.8 Å². The molecular weight excluding hydrogens is 421 g/mol. The van der Waals surface area contributed by atoms with E-state index in [1.165, 1.54) is 29.1 Å². The summed E-state index contributed by atoms with van der Waals surface area (Å²) >= 11 is 12.3. The summed E-state index contributed by atoms with van der Waals surface area (Å²) in [7, 11) is 0. The molecule has 2 heterocycles. The van der Waals surface area contributed by atoms with Crippen LogP contribution >= 0.6 is 23.2 Å². The maximum atomic E-state index is 12.5. The predicted octanol–water partition coefficient (Wildman–Crippen LogP) is 2.82. The predicted molar refractivity (Wildman–Crippen MR) is 105 cm³/mol. The van der Waals surface area contributed by atoms with Gasteiger partial charge >= 0.3 is 0 Å². The van der Waals surface area contributed by atoms with Gasteiger partial charge in [0.25, 0.3) is 17.5 Å². The Kier molecular flexibility index (Phi) is 4.85. The number of nitrogens with one attached hydrogen (secondary N) is 1. The van der Waals surface area contributed by atoms with Crippen molar-refractivity contribution in [3.63, 3.8) is 0 Å². The van der Waals surface area contributed by atoms with Crippen LogP contribution in [0, 0.1) is 10.1 Å². The molecule has 1 aromatic heterocycles. The highest BCUT2D eigenvalue weighted by molar-refractivity contribution is 6.35. The van der Waals surface area contributed by atoms with Crippen LogP contribution in [0.15, 0.2) is 48.7 Å². The zero-order chi connectivity index (χ0) is 20.7. The molecule has 2 atom stereocenters. The highest BCUT2D eigenvalue weighted by Gasteiger charge is 2.49. The largest absolute Gasteiger partial charge is 0.271 e. The lowest BCUT2D eigenvalue weighted by molar-refractivity contribution is -0.384. The molecule has 9 nitrogen and oxygen atoms in total. The molecule has 0 saturated carbocycles. The smallest absolute Gasteiger partial charge is 0.270 e. The number of hydrogen-bond acceptors (Lipinski definition) is 5. The third-order valence-electron chi connectivity index (χ3n) is 4.63. The number of nitrogens with zero attached hydrogens (tertiary/aromatic N) is 4. The van der Waals surface area contributed by atoms with E-state index >= 15 is 0 Å². The second kappa shape index (κ2) is 7.34. The van der Waals surface area contributed by atoms with E-state index in [-0.39, 0.29) is 12.2 Å². The summed E-state index contributed by atoms with van der Waals surface area (Å²) in [5.41, 5.74) is 3.66. The molecular formula is C18H13Cl2N5O4. The number of amides is 2. The van der Waals surface area contributed by atoms with Gasteiger partial charge in [-0.2, -0.15) is 5.10 Å². The zero-order valence-corrected chi connectivity index (χ0v) is 16.2. The first-order chi connectivity index (χ1) is 13.9. The van der Waals surface area contributed by atoms with Gasteiger partial charge in [-0.25, -0.2) is 5.01 Å². The van der Waals surface area contributed by atoms with Crippen LogP contribution in [0.25, 0.3) is 10.9 Å². The molecule has 0 spiro atoms. The molecule has 1 aliphatic heterocycles. The maximum absolute atomic E-state index is 12.5. The SMILES string of the molecule is O=C(Cn1ncc2cc([N+](=O)[O-])ccc21)NN1C(=O)C(Cl)C1c1ccccc1Cl. The van der Waals surface area contributed by atoms with Crippen molar-refractivity contribution in [2.24, 2.45) is 0 Å². The molecule has 2 amide bonds. The van der Waals surface area contributed by atoms with Crippen molar-refractivity contribution < 1.29 is 14.5 Å². The molecule has 11 heteroatoms. The van der Waals surface area contributed by atoms with Gasteiger partial charge in [-0.1, -0.05) is 29.8 Å². The fourth-order valence-corrected chi connectivity index (χ4v) is 3.81. The van der Waals surface area contributed by atoms with Crippen molar-refractivity contribution in [2.45, 2.75) is 18.0 Å². The van der Waals surface area contributed by atoms with Crippen molar-refractivity contribution >= 4 is 51.6 Å². The average Bonchev–Trinajstić information content (AvgIpc) is 3.10. The number of carbonyl (C=O) groups excluding carboxylic acids is 2. The van der Waals surface area contributed by atoms with Gasteiger partial charge in [0.2, 0.25) is 0 Å². The Morgan fingerprint density at radius 1 is 1.28 bits per heavy atom. The van der Waals surface area contributed by atoms with Gasteiger partial charge in [-0.05, 0) is 17.7 Å². The number of β-lactam (4-membered cyclic amide) rings is 1. The summed E-state index contributed by atoms with van der Waals surface area (Å²) in [6.45, 7) is -0.187. The van der Waals surface area contributed by atoms with Crippen molar-refractivity contribution in [2.75, 3.05) is 0 Å². The monoisotopic (exact) mass is 433 g/mol. The van der Waals surface area contributed by atoms with E-state index < -0.39 is 28.2 Å². The van der Waals surface area contributed by atoms with Gasteiger partial charge in [0.1, 0.15) is 18.0 Å². The molecule has 4 rings (SSSR count). The topological polar surface area (TPSA) is 110 Å². The van der Waals surface area contributed by atoms with E-state index in [4.69, 9.17) is 23.2 Å². The number of hydrogen-bond donors (Lipinski definition) is 1. The summed E-state index contributed by atoms with van der Waals surface area (Å²) in [6.07, 6.45) is 1.44. The minimum absolute atomic E-state index is 0.0663. The summed E-state index contributed by atoms with van der Waals surface area (Å²) in [5.74, 6) is -0.937. The van der Waals surface area contributed by atoms with Gasteiger partial charge in [-0.15, -0.1) is 11.6 Å². The van der Waals surface area contributed by atoms with Gasteiger partial charge in [0.05, 0.1) is 16.6 Å². The number of hydrazine groups is 1. The first-order valence-corrected chi connectivity index (χ1v) is 9.29. The van der Waals surface area contributed by atoms with Gasteiger partial charge in [0.15, 0.2) is 0 Å². The number of halogens is 2. The third kappa shape index (κ3) is 3.39. The van der Waals surface area contributed by atoms with E-state index in [9.17, 15) is 19.7 Å². The fourth-order valence-electron chi connectivity index (χ4n) is 3.21. The quantitative estimate of drug-likeness (QED) is 0.287. The average molecular weight is 434 g/mol. The van der Waals surface area contributed by atoms with Crippen LogP contribution in [0.3, 0.4) is 0 Å². The molecule has 2 aromatic carbocycles. The summed E-state index contributed by atoms with van der Waals surface area (Å²) < 4.78 is 1.39. The van der Waals surface area contributed by atoms with E-state index in [0.717, 1.165) is 5.01 Å². The highest BCUT2D eigenvalue weighted by Crippen LogP contribution is 2.39. The van der Waals surface area contributed by atoms with Crippen LogP contribution in [0.4, 0.5) is 5.69 Å². The Balaban J connectivity index is 1.51. The normalized spacial score (nSPS) is 18.6. The Hall–Kier alpha value is -3.17. The molecule has 0 bridgehead atoms. The number of benzene rings is 2. The molecule has 29 heavy (non-hydrogen) atoms. The van der Waals surface area contributed by atoms with Gasteiger partial charge in [0, 0.05) is 22.5 Å². The molecule has 148 valence electrons. The molecule has 2 unspecified atom stereocenters. The maximum Gasteiger partial charge on any atom is 0.270 e. The van der Waals surface area contributed by atoms with E-state index in [1.807, 2.05) is 0 Å². The standard InChI is InChI=1S/C18H13Cl2N5O4/c19-13-4-2-1-3-12(13)17-16(20)18(27)24(17)22-15(26)9-23-14-6-5-11(25(28)29)7-10(14)8-21-23/h1-8,16-17H,9H2,(H,22,26). The van der Waals surface area contributed by atoms with Crippen molar-refractivity contribution in [1.82, 2.24) is 20.2 Å². The lowest BCUT2D eigenvalue weighted by atomic mass is 9.95. The van der Waals surface area contributed by atoms with E-state index in [0.29, 0.717) is 21.5 Å². The Labute approximate surface area is 173 Å². The first kappa shape index (κ1) is 19.2. The number of nitro benzene ring substituents is 1. The Morgan fingerprint density at radius 2 is 2.03 bits per heavy atom. The van der Waals surface area contributed by atoms with E-state index in [2.05, 4.69) is 10.5 Å². The number of non-ortho nitro benzene ring substituents is 1. The van der Waals surface area contributed by atoms with Crippen molar-refractivity contribution in [1.29, 1.82) is 0 Å². The zero-order valence-electron chi connectivity index (χ0n) is 14.7. The summed E-state index contributed by atoms with van der Waals surface area (Å²) in [4.78, 5) is 35.0. The van der Waals surface area contributed by atoms with E-state index in [1.54, 1.807) is 24.3 Å². The van der Waals surface area contributed by atoms with Gasteiger partial charge < -0.3 is 0 Å². The number of alkyl halides is 1. The van der Waals surface area contributed by atoms with Crippen molar-refractivity contribution in [3.8, 4) is 0 Å². The number of aromatic nitrogens is 2. The van der Waals surface area contributed by atoms with Crippen LogP contribution in [0.5, 0.6) is 0 Å². The van der Waals surface area contributed by atoms with Crippen LogP contribution in [-0.4, -0.2) is 36.9 Å². The van der Waals surface area contributed by atoms with Crippen molar-refractivity contribution in [3.05, 3.63) is 69.4 Å². The third-order valence-corrected chi connectivity index (χ3v) is 5.40. The highest BCUT2D eigenvalue weighted by atomic mass is 35.5. The fraction of sp³-hybridized carbons (Fsp3) is 0.167. The molecule has 0 aliphatic carbocycles. The first-order valence-electron chi connectivity index (χ1n) is 8.48. The number of carbonyl (C=O) groups is 2. The lowest BCUT2D eigenvalue weighted by Gasteiger charge is -2.44. The summed E-state index contributed by atoms with van der Waals surface area (Å²) in [6, 6.07) is 10.6. The second-order valence-electron chi connectivity index (χ2n) is 6.41. The Bertz CT molecular complexity index is 1150. The van der Waals surface area contributed by atoms with Crippen LogP contribution in [0.1, 0.15) is 11.6 Å². The lowest BCUT2D eigenvalue weighted by Crippen LogP contribution is -2.63.